The lowest BCUT2D eigenvalue weighted by atomic mass is 10.1. The third-order valence-electron chi connectivity index (χ3n) is 3.45. The highest BCUT2D eigenvalue weighted by Gasteiger charge is 2.09. The molecule has 22 heavy (non-hydrogen) atoms. The van der Waals surface area contributed by atoms with Crippen molar-refractivity contribution in [2.24, 2.45) is 0 Å². The summed E-state index contributed by atoms with van der Waals surface area (Å²) in [5, 5.41) is 1.04. The molecule has 0 atom stereocenters. The molecule has 0 spiro atoms. The van der Waals surface area contributed by atoms with E-state index in [2.05, 4.69) is 21.9 Å². The summed E-state index contributed by atoms with van der Waals surface area (Å²) in [5.41, 5.74) is 2.89. The van der Waals surface area contributed by atoms with Crippen LogP contribution in [0.2, 0.25) is 0 Å². The minimum Gasteiger partial charge on any atom is -0.494 e. The van der Waals surface area contributed by atoms with Crippen LogP contribution in [-0.4, -0.2) is 22.1 Å². The molecule has 0 saturated heterocycles. The molecule has 0 unspecified atom stereocenters. The molecule has 0 amide bonds. The Morgan fingerprint density at radius 3 is 2.73 bits per heavy atom. The third kappa shape index (κ3) is 2.81. The van der Waals surface area contributed by atoms with E-state index in [0.29, 0.717) is 5.82 Å². The lowest BCUT2D eigenvalue weighted by Gasteiger charge is -2.08. The van der Waals surface area contributed by atoms with Gasteiger partial charge in [0.15, 0.2) is 5.82 Å². The van der Waals surface area contributed by atoms with Gasteiger partial charge in [-0.1, -0.05) is 25.1 Å². The van der Waals surface area contributed by atoms with Gasteiger partial charge in [0.25, 0.3) is 0 Å². The molecule has 110 valence electrons. The minimum absolute atomic E-state index is 0.678. The van der Waals surface area contributed by atoms with Crippen molar-refractivity contribution < 1.29 is 4.74 Å². The second-order valence-electron chi connectivity index (χ2n) is 4.86. The topological polar surface area (TPSA) is 47.9 Å². The molecule has 0 radical (unpaired) electrons. The number of para-hydroxylation sites is 1. The summed E-state index contributed by atoms with van der Waals surface area (Å²) >= 11 is 0. The van der Waals surface area contributed by atoms with Crippen LogP contribution in [0.5, 0.6) is 5.75 Å². The highest BCUT2D eigenvalue weighted by atomic mass is 16.5. The average molecular weight is 291 g/mol. The number of hydrogen-bond acceptors (Lipinski definition) is 4. The molecule has 1 aromatic carbocycles. The van der Waals surface area contributed by atoms with E-state index in [0.717, 1.165) is 34.3 Å². The van der Waals surface area contributed by atoms with E-state index in [1.807, 2.05) is 42.5 Å². The Labute approximate surface area is 129 Å². The fourth-order valence-corrected chi connectivity index (χ4v) is 2.36. The summed E-state index contributed by atoms with van der Waals surface area (Å²) < 4.78 is 5.42. The minimum atomic E-state index is 0.678. The monoisotopic (exact) mass is 291 g/mol. The number of ether oxygens (including phenoxy) is 1. The maximum Gasteiger partial charge on any atom is 0.152 e. The van der Waals surface area contributed by atoms with Crippen LogP contribution in [0.15, 0.2) is 42.7 Å². The quantitative estimate of drug-likeness (QED) is 0.734. The van der Waals surface area contributed by atoms with Crippen LogP contribution >= 0.6 is 0 Å². The van der Waals surface area contributed by atoms with Crippen LogP contribution in [0.3, 0.4) is 0 Å². The molecule has 0 bridgehead atoms. The molecule has 0 aliphatic heterocycles. The number of methoxy groups -OCH3 is 1. The van der Waals surface area contributed by atoms with E-state index in [4.69, 9.17) is 4.74 Å². The third-order valence-corrected chi connectivity index (χ3v) is 3.45. The smallest absolute Gasteiger partial charge is 0.152 e. The molecular weight excluding hydrogens is 274 g/mol. The van der Waals surface area contributed by atoms with Crippen molar-refractivity contribution in [3.63, 3.8) is 0 Å². The zero-order valence-electron chi connectivity index (χ0n) is 12.7. The Balaban J connectivity index is 2.09. The van der Waals surface area contributed by atoms with Gasteiger partial charge < -0.3 is 4.74 Å². The molecule has 2 aromatic heterocycles. The summed E-state index contributed by atoms with van der Waals surface area (Å²) in [7, 11) is 1.66. The summed E-state index contributed by atoms with van der Waals surface area (Å²) in [6, 6.07) is 9.82. The van der Waals surface area contributed by atoms with E-state index in [9.17, 15) is 0 Å². The molecule has 3 aromatic rings. The SMILES string of the molecule is CCc1nc(/C=C/c2cccnc2)nc2c(OC)cccc12. The van der Waals surface area contributed by atoms with Crippen LogP contribution in [0.25, 0.3) is 23.1 Å². The maximum atomic E-state index is 5.42. The molecule has 4 heteroatoms. The van der Waals surface area contributed by atoms with Gasteiger partial charge in [-0.25, -0.2) is 9.97 Å². The van der Waals surface area contributed by atoms with Gasteiger partial charge in [0.05, 0.1) is 12.8 Å². The molecule has 4 nitrogen and oxygen atoms in total. The Kier molecular flexibility index (Phi) is 4.10. The Morgan fingerprint density at radius 1 is 1.09 bits per heavy atom. The van der Waals surface area contributed by atoms with Crippen molar-refractivity contribution in [3.05, 3.63) is 59.8 Å². The zero-order chi connectivity index (χ0) is 15.4. The van der Waals surface area contributed by atoms with Crippen LogP contribution in [0, 0.1) is 0 Å². The predicted molar refractivity (Wildman–Crippen MR) is 88.6 cm³/mol. The lowest BCUT2D eigenvalue weighted by Crippen LogP contribution is -1.98. The molecule has 0 fully saturated rings. The van der Waals surface area contributed by atoms with Crippen LogP contribution in [0.1, 0.15) is 24.0 Å². The van der Waals surface area contributed by atoms with Gasteiger partial charge in [-0.15, -0.1) is 0 Å². The highest BCUT2D eigenvalue weighted by molar-refractivity contribution is 5.87. The summed E-state index contributed by atoms with van der Waals surface area (Å²) in [6.45, 7) is 2.09. The molecule has 3 rings (SSSR count). The fourth-order valence-electron chi connectivity index (χ4n) is 2.36. The lowest BCUT2D eigenvalue weighted by molar-refractivity contribution is 0.419. The first kappa shape index (κ1) is 14.2. The number of fused-ring (bicyclic) bond motifs is 1. The maximum absolute atomic E-state index is 5.42. The van der Waals surface area contributed by atoms with E-state index in [1.165, 1.54) is 0 Å². The first-order chi connectivity index (χ1) is 10.8. The van der Waals surface area contributed by atoms with Gasteiger partial charge in [-0.05, 0) is 36.3 Å². The number of nitrogens with zero attached hydrogens (tertiary/aromatic N) is 3. The molecule has 0 saturated carbocycles. The number of benzene rings is 1. The van der Waals surface area contributed by atoms with Crippen molar-refractivity contribution in [2.45, 2.75) is 13.3 Å². The average Bonchev–Trinajstić information content (AvgIpc) is 2.59. The van der Waals surface area contributed by atoms with Gasteiger partial charge in [-0.2, -0.15) is 0 Å². The summed E-state index contributed by atoms with van der Waals surface area (Å²) in [5.74, 6) is 1.45. The Hall–Kier alpha value is -2.75. The van der Waals surface area contributed by atoms with E-state index in [1.54, 1.807) is 19.5 Å². The first-order valence-electron chi connectivity index (χ1n) is 7.23. The van der Waals surface area contributed by atoms with Crippen molar-refractivity contribution in [2.75, 3.05) is 7.11 Å². The van der Waals surface area contributed by atoms with Crippen molar-refractivity contribution in [3.8, 4) is 5.75 Å². The van der Waals surface area contributed by atoms with Crippen molar-refractivity contribution in [1.82, 2.24) is 15.0 Å². The summed E-state index contributed by atoms with van der Waals surface area (Å²) in [6.07, 6.45) is 8.27. The van der Waals surface area contributed by atoms with E-state index >= 15 is 0 Å². The standard InChI is InChI=1S/C18H17N3O/c1-3-15-14-7-4-8-16(22-2)18(14)21-17(20-15)10-9-13-6-5-11-19-12-13/h4-12H,3H2,1-2H3/b10-9+. The van der Waals surface area contributed by atoms with Gasteiger partial charge in [0.1, 0.15) is 11.3 Å². The van der Waals surface area contributed by atoms with Gasteiger partial charge in [-0.3, -0.25) is 4.98 Å². The fraction of sp³-hybridized carbons (Fsp3) is 0.167. The van der Waals surface area contributed by atoms with E-state index in [-0.39, 0.29) is 0 Å². The van der Waals surface area contributed by atoms with E-state index < -0.39 is 0 Å². The van der Waals surface area contributed by atoms with Gasteiger partial charge in [0, 0.05) is 17.8 Å². The van der Waals surface area contributed by atoms with Gasteiger partial charge in [0.2, 0.25) is 0 Å². The molecular formula is C18H17N3O. The van der Waals surface area contributed by atoms with Crippen LogP contribution in [-0.2, 0) is 6.42 Å². The predicted octanol–water partition coefficient (Wildman–Crippen LogP) is 3.77. The largest absolute Gasteiger partial charge is 0.494 e. The Morgan fingerprint density at radius 2 is 2.00 bits per heavy atom. The molecule has 2 heterocycles. The number of pyridine rings is 1. The van der Waals surface area contributed by atoms with Crippen molar-refractivity contribution >= 4 is 23.1 Å². The molecule has 0 aliphatic rings. The second-order valence-corrected chi connectivity index (χ2v) is 4.86. The van der Waals surface area contributed by atoms with Crippen LogP contribution in [0.4, 0.5) is 0 Å². The number of rotatable bonds is 4. The molecule has 0 aliphatic carbocycles. The zero-order valence-corrected chi connectivity index (χ0v) is 12.7. The number of aryl methyl sites for hydroxylation is 1. The first-order valence-corrected chi connectivity index (χ1v) is 7.23. The summed E-state index contributed by atoms with van der Waals surface area (Å²) in [4.78, 5) is 13.4. The molecule has 0 N–H and O–H groups in total. The van der Waals surface area contributed by atoms with Crippen LogP contribution < -0.4 is 4.74 Å². The second kappa shape index (κ2) is 6.35. The highest BCUT2D eigenvalue weighted by Crippen LogP contribution is 2.26. The normalized spacial score (nSPS) is 11.2. The number of aromatic nitrogens is 3. The number of hydrogen-bond donors (Lipinski definition) is 0. The Bertz CT molecular complexity index is 813. The van der Waals surface area contributed by atoms with Gasteiger partial charge >= 0.3 is 0 Å². The van der Waals surface area contributed by atoms with Crippen molar-refractivity contribution in [1.29, 1.82) is 0 Å².